The molecule has 2 rings (SSSR count). The Kier molecular flexibility index (Phi) is 4.94. The molecule has 0 spiro atoms. The van der Waals surface area contributed by atoms with Gasteiger partial charge in [0.2, 0.25) is 0 Å². The fourth-order valence-corrected chi connectivity index (χ4v) is 3.16. The van der Waals surface area contributed by atoms with Gasteiger partial charge in [-0.2, -0.15) is 0 Å². The van der Waals surface area contributed by atoms with Crippen LogP contribution in [0.5, 0.6) is 0 Å². The predicted octanol–water partition coefficient (Wildman–Crippen LogP) is 3.04. The first kappa shape index (κ1) is 14.5. The zero-order valence-electron chi connectivity index (χ0n) is 12.1. The molecule has 1 aliphatic heterocycles. The summed E-state index contributed by atoms with van der Waals surface area (Å²) in [6.45, 7) is 6.47. The normalized spacial score (nSPS) is 18.7. The van der Waals surface area contributed by atoms with Crippen molar-refractivity contribution in [3.63, 3.8) is 0 Å². The highest BCUT2D eigenvalue weighted by Gasteiger charge is 2.31. The van der Waals surface area contributed by atoms with Gasteiger partial charge in [0.15, 0.2) is 0 Å². The lowest BCUT2D eigenvalue weighted by atomic mass is 9.76. The van der Waals surface area contributed by atoms with Crippen molar-refractivity contribution in [2.45, 2.75) is 32.7 Å². The minimum atomic E-state index is -0.141. The predicted molar refractivity (Wildman–Crippen MR) is 77.6 cm³/mol. The minimum absolute atomic E-state index is 0.141. The Bertz CT molecular complexity index is 399. The van der Waals surface area contributed by atoms with E-state index in [1.54, 1.807) is 12.1 Å². The van der Waals surface area contributed by atoms with E-state index in [1.807, 2.05) is 6.07 Å². The van der Waals surface area contributed by atoms with Gasteiger partial charge in [-0.25, -0.2) is 4.39 Å². The number of rotatable bonds is 5. The zero-order chi connectivity index (χ0) is 13.7. The summed E-state index contributed by atoms with van der Waals surface area (Å²) in [4.78, 5) is 2.34. The van der Waals surface area contributed by atoms with Crippen LogP contribution in [0, 0.1) is 11.2 Å². The van der Waals surface area contributed by atoms with Crippen LogP contribution in [-0.2, 0) is 6.54 Å². The van der Waals surface area contributed by atoms with Gasteiger partial charge in [0, 0.05) is 13.1 Å². The lowest BCUT2D eigenvalue weighted by Crippen LogP contribution is -2.43. The number of hydrogen-bond donors (Lipinski definition) is 1. The fourth-order valence-electron chi connectivity index (χ4n) is 3.16. The van der Waals surface area contributed by atoms with E-state index < -0.39 is 0 Å². The molecule has 1 fully saturated rings. The molecule has 1 aromatic carbocycles. The third kappa shape index (κ3) is 4.02. The second-order valence-electron chi connectivity index (χ2n) is 5.91. The van der Waals surface area contributed by atoms with Crippen molar-refractivity contribution in [1.29, 1.82) is 0 Å². The smallest absolute Gasteiger partial charge is 0.123 e. The lowest BCUT2D eigenvalue weighted by molar-refractivity contribution is 0.119. The Morgan fingerprint density at radius 2 is 2.05 bits per heavy atom. The Balaban J connectivity index is 1.94. The Hall–Kier alpha value is -0.930. The first-order valence-corrected chi connectivity index (χ1v) is 7.27. The molecule has 19 heavy (non-hydrogen) atoms. The van der Waals surface area contributed by atoms with E-state index in [2.05, 4.69) is 24.2 Å². The van der Waals surface area contributed by atoms with Crippen LogP contribution in [0.25, 0.3) is 0 Å². The maximum atomic E-state index is 13.2. The van der Waals surface area contributed by atoms with Crippen LogP contribution >= 0.6 is 0 Å². The van der Waals surface area contributed by atoms with E-state index in [4.69, 9.17) is 0 Å². The van der Waals surface area contributed by atoms with E-state index in [0.717, 1.165) is 31.7 Å². The highest BCUT2D eigenvalue weighted by Crippen LogP contribution is 2.33. The van der Waals surface area contributed by atoms with Gasteiger partial charge in [0.25, 0.3) is 0 Å². The fraction of sp³-hybridized carbons (Fsp3) is 0.625. The summed E-state index contributed by atoms with van der Waals surface area (Å²) in [7, 11) is 2.14. The molecule has 2 nitrogen and oxygen atoms in total. The quantitative estimate of drug-likeness (QED) is 0.879. The largest absolute Gasteiger partial charge is 0.317 e. The number of nitrogens with zero attached hydrogens (tertiary/aromatic N) is 1. The van der Waals surface area contributed by atoms with Crippen molar-refractivity contribution in [3.8, 4) is 0 Å². The molecule has 1 N–H and O–H groups in total. The average molecular weight is 264 g/mol. The molecule has 3 heteroatoms. The van der Waals surface area contributed by atoms with Crippen LogP contribution in [0.2, 0.25) is 0 Å². The van der Waals surface area contributed by atoms with E-state index in [-0.39, 0.29) is 5.82 Å². The molecule has 106 valence electrons. The van der Waals surface area contributed by atoms with Crippen molar-refractivity contribution in [3.05, 3.63) is 35.6 Å². The number of benzene rings is 1. The minimum Gasteiger partial charge on any atom is -0.317 e. The Morgan fingerprint density at radius 3 is 2.68 bits per heavy atom. The van der Waals surface area contributed by atoms with Crippen molar-refractivity contribution in [2.75, 3.05) is 26.7 Å². The van der Waals surface area contributed by atoms with Crippen LogP contribution in [0.15, 0.2) is 24.3 Å². The maximum absolute atomic E-state index is 13.2. The molecule has 0 aromatic heterocycles. The average Bonchev–Trinajstić information content (AvgIpc) is 2.39. The van der Waals surface area contributed by atoms with Crippen molar-refractivity contribution in [2.24, 2.45) is 5.41 Å². The molecule has 0 unspecified atom stereocenters. The zero-order valence-corrected chi connectivity index (χ0v) is 12.1. The van der Waals surface area contributed by atoms with Gasteiger partial charge in [-0.1, -0.05) is 19.1 Å². The SMILES string of the molecule is CCC1(CN(C)Cc2cccc(F)c2)CCNCC1. The molecule has 0 atom stereocenters. The van der Waals surface area contributed by atoms with E-state index in [1.165, 1.54) is 25.3 Å². The number of hydrogen-bond acceptors (Lipinski definition) is 2. The molecule has 1 aromatic rings. The third-order valence-electron chi connectivity index (χ3n) is 4.36. The topological polar surface area (TPSA) is 15.3 Å². The van der Waals surface area contributed by atoms with Gasteiger partial charge in [-0.05, 0) is 62.5 Å². The van der Waals surface area contributed by atoms with E-state index >= 15 is 0 Å². The summed E-state index contributed by atoms with van der Waals surface area (Å²) < 4.78 is 13.2. The van der Waals surface area contributed by atoms with E-state index in [9.17, 15) is 4.39 Å². The molecule has 0 bridgehead atoms. The number of nitrogens with one attached hydrogen (secondary N) is 1. The van der Waals surface area contributed by atoms with Crippen LogP contribution < -0.4 is 5.32 Å². The standard InChI is InChI=1S/C16H25FN2/c1-3-16(7-9-18-10-8-16)13-19(2)12-14-5-4-6-15(17)11-14/h4-6,11,18H,3,7-10,12-13H2,1-2H3. The van der Waals surface area contributed by atoms with Crippen molar-refractivity contribution >= 4 is 0 Å². The molecular weight excluding hydrogens is 239 g/mol. The number of piperidine rings is 1. The molecule has 0 saturated carbocycles. The second-order valence-corrected chi connectivity index (χ2v) is 5.91. The summed E-state index contributed by atoms with van der Waals surface area (Å²) in [6.07, 6.45) is 3.72. The van der Waals surface area contributed by atoms with Gasteiger partial charge in [-0.15, -0.1) is 0 Å². The van der Waals surface area contributed by atoms with Crippen LogP contribution in [0.3, 0.4) is 0 Å². The Labute approximate surface area is 116 Å². The summed E-state index contributed by atoms with van der Waals surface area (Å²) in [5.74, 6) is -0.141. The maximum Gasteiger partial charge on any atom is 0.123 e. The van der Waals surface area contributed by atoms with Crippen molar-refractivity contribution in [1.82, 2.24) is 10.2 Å². The monoisotopic (exact) mass is 264 g/mol. The Morgan fingerprint density at radius 1 is 1.32 bits per heavy atom. The third-order valence-corrected chi connectivity index (χ3v) is 4.36. The van der Waals surface area contributed by atoms with Gasteiger partial charge in [0.1, 0.15) is 5.82 Å². The first-order valence-electron chi connectivity index (χ1n) is 7.27. The number of halogens is 1. The molecule has 0 radical (unpaired) electrons. The summed E-state index contributed by atoms with van der Waals surface area (Å²) in [5.41, 5.74) is 1.50. The van der Waals surface area contributed by atoms with E-state index in [0.29, 0.717) is 5.41 Å². The molecule has 1 aliphatic rings. The van der Waals surface area contributed by atoms with Crippen LogP contribution in [-0.4, -0.2) is 31.6 Å². The molecular formula is C16H25FN2. The van der Waals surface area contributed by atoms with Crippen molar-refractivity contribution < 1.29 is 4.39 Å². The van der Waals surface area contributed by atoms with Crippen LogP contribution in [0.4, 0.5) is 4.39 Å². The van der Waals surface area contributed by atoms with Gasteiger partial charge in [-0.3, -0.25) is 0 Å². The highest BCUT2D eigenvalue weighted by molar-refractivity contribution is 5.16. The second kappa shape index (κ2) is 6.49. The summed E-state index contributed by atoms with van der Waals surface area (Å²) in [5, 5.41) is 3.44. The summed E-state index contributed by atoms with van der Waals surface area (Å²) >= 11 is 0. The summed E-state index contributed by atoms with van der Waals surface area (Å²) in [6, 6.07) is 6.93. The first-order chi connectivity index (χ1) is 9.13. The lowest BCUT2D eigenvalue weighted by Gasteiger charge is -2.40. The van der Waals surface area contributed by atoms with Gasteiger partial charge in [0.05, 0.1) is 0 Å². The molecule has 0 amide bonds. The van der Waals surface area contributed by atoms with Gasteiger partial charge < -0.3 is 10.2 Å². The molecule has 0 aliphatic carbocycles. The van der Waals surface area contributed by atoms with Gasteiger partial charge >= 0.3 is 0 Å². The molecule has 1 heterocycles. The molecule has 1 saturated heterocycles. The van der Waals surface area contributed by atoms with Crippen LogP contribution in [0.1, 0.15) is 31.7 Å². The highest BCUT2D eigenvalue weighted by atomic mass is 19.1.